The summed E-state index contributed by atoms with van der Waals surface area (Å²) in [4.78, 5) is 4.11. The zero-order valence-corrected chi connectivity index (χ0v) is 13.6. The summed E-state index contributed by atoms with van der Waals surface area (Å²) < 4.78 is 6.86. The molecule has 0 aliphatic heterocycles. The Kier molecular flexibility index (Phi) is 5.60. The van der Waals surface area contributed by atoms with Crippen molar-refractivity contribution < 1.29 is 4.74 Å². The van der Waals surface area contributed by atoms with E-state index < -0.39 is 0 Å². The van der Waals surface area contributed by atoms with E-state index in [1.54, 1.807) is 6.20 Å². The maximum Gasteiger partial charge on any atom is 0.133 e. The Hall–Kier alpha value is -1.35. The maximum absolute atomic E-state index is 5.83. The van der Waals surface area contributed by atoms with Gasteiger partial charge in [0.05, 0.1) is 11.1 Å². The number of benzene rings is 1. The third kappa shape index (κ3) is 4.34. The average molecular weight is 334 g/mol. The fourth-order valence-electron chi connectivity index (χ4n) is 2.00. The third-order valence-electron chi connectivity index (χ3n) is 3.21. The molecule has 0 radical (unpaired) electrons. The number of hydrogen-bond donors (Lipinski definition) is 0. The monoisotopic (exact) mass is 333 g/mol. The minimum Gasteiger partial charge on any atom is -0.492 e. The van der Waals surface area contributed by atoms with Gasteiger partial charge in [-0.05, 0) is 64.0 Å². The minimum absolute atomic E-state index is 0.533. The van der Waals surface area contributed by atoms with Crippen LogP contribution in [0.3, 0.4) is 0 Å². The number of aromatic nitrogens is 1. The van der Waals surface area contributed by atoms with Crippen LogP contribution >= 0.6 is 15.9 Å². The number of pyridine rings is 1. The molecule has 0 saturated carbocycles. The molecular weight excluding hydrogens is 314 g/mol. The molecule has 1 heterocycles. The molecule has 106 valence electrons. The zero-order chi connectivity index (χ0) is 14.4. The molecular formula is C17H20BrNO. The van der Waals surface area contributed by atoms with Gasteiger partial charge < -0.3 is 4.74 Å². The summed E-state index contributed by atoms with van der Waals surface area (Å²) in [6.07, 6.45) is 5.69. The molecule has 3 heteroatoms. The predicted octanol–water partition coefficient (Wildman–Crippen LogP) is 4.98. The molecule has 2 nitrogen and oxygen atoms in total. The van der Waals surface area contributed by atoms with E-state index in [0.717, 1.165) is 23.1 Å². The van der Waals surface area contributed by atoms with Crippen molar-refractivity contribution in [2.24, 2.45) is 0 Å². The van der Waals surface area contributed by atoms with E-state index in [9.17, 15) is 0 Å². The van der Waals surface area contributed by atoms with E-state index in [1.807, 2.05) is 18.3 Å². The van der Waals surface area contributed by atoms with Gasteiger partial charge in [0.15, 0.2) is 0 Å². The Bertz CT molecular complexity index is 540. The number of rotatable bonds is 6. The van der Waals surface area contributed by atoms with Crippen molar-refractivity contribution in [1.82, 2.24) is 4.98 Å². The maximum atomic E-state index is 5.83. The Morgan fingerprint density at radius 1 is 1.25 bits per heavy atom. The molecule has 0 aliphatic carbocycles. The van der Waals surface area contributed by atoms with Gasteiger partial charge >= 0.3 is 0 Å². The molecule has 2 aromatic rings. The second-order valence-corrected chi connectivity index (χ2v) is 6.01. The summed E-state index contributed by atoms with van der Waals surface area (Å²) in [5, 5.41) is 0. The molecule has 0 saturated heterocycles. The van der Waals surface area contributed by atoms with Crippen molar-refractivity contribution in [3.8, 4) is 5.75 Å². The van der Waals surface area contributed by atoms with Crippen molar-refractivity contribution in [2.45, 2.75) is 32.6 Å². The highest BCUT2D eigenvalue weighted by molar-refractivity contribution is 9.10. The van der Waals surface area contributed by atoms with Crippen molar-refractivity contribution in [2.75, 3.05) is 6.61 Å². The number of ether oxygens (including phenoxy) is 1. The van der Waals surface area contributed by atoms with E-state index in [1.165, 1.54) is 11.1 Å². The highest BCUT2D eigenvalue weighted by Crippen LogP contribution is 2.29. The molecule has 0 amide bonds. The van der Waals surface area contributed by atoms with Gasteiger partial charge in [0, 0.05) is 12.4 Å². The van der Waals surface area contributed by atoms with E-state index in [0.29, 0.717) is 12.5 Å². The van der Waals surface area contributed by atoms with Crippen LogP contribution in [0.15, 0.2) is 47.2 Å². The van der Waals surface area contributed by atoms with Crippen molar-refractivity contribution in [3.05, 3.63) is 58.3 Å². The highest BCUT2D eigenvalue weighted by Gasteiger charge is 2.05. The minimum atomic E-state index is 0.533. The van der Waals surface area contributed by atoms with Gasteiger partial charge in [0.25, 0.3) is 0 Å². The first-order valence-electron chi connectivity index (χ1n) is 6.98. The molecule has 0 bridgehead atoms. The van der Waals surface area contributed by atoms with Crippen LogP contribution in [-0.4, -0.2) is 11.6 Å². The van der Waals surface area contributed by atoms with Gasteiger partial charge in [0.1, 0.15) is 5.75 Å². The SMILES string of the molecule is CC(C)c1ccc(OCCCc2cccnc2)c(Br)c1. The van der Waals surface area contributed by atoms with Gasteiger partial charge in [-0.2, -0.15) is 0 Å². The first-order valence-corrected chi connectivity index (χ1v) is 7.77. The van der Waals surface area contributed by atoms with Gasteiger partial charge in [0.2, 0.25) is 0 Å². The lowest BCUT2D eigenvalue weighted by Gasteiger charge is -2.11. The molecule has 0 atom stereocenters. The van der Waals surface area contributed by atoms with Crippen molar-refractivity contribution >= 4 is 15.9 Å². The fraction of sp³-hybridized carbons (Fsp3) is 0.353. The van der Waals surface area contributed by atoms with Crippen LogP contribution in [0, 0.1) is 0 Å². The third-order valence-corrected chi connectivity index (χ3v) is 3.83. The van der Waals surface area contributed by atoms with Crippen LogP contribution in [-0.2, 0) is 6.42 Å². The smallest absolute Gasteiger partial charge is 0.133 e. The summed E-state index contributed by atoms with van der Waals surface area (Å²) in [6.45, 7) is 5.10. The van der Waals surface area contributed by atoms with Crippen LogP contribution in [0.2, 0.25) is 0 Å². The Morgan fingerprint density at radius 3 is 2.75 bits per heavy atom. The van der Waals surface area contributed by atoms with Gasteiger partial charge in [-0.3, -0.25) is 4.98 Å². The van der Waals surface area contributed by atoms with Gasteiger partial charge in [-0.1, -0.05) is 26.0 Å². The second-order valence-electron chi connectivity index (χ2n) is 5.16. The predicted molar refractivity (Wildman–Crippen MR) is 86.3 cm³/mol. The van der Waals surface area contributed by atoms with Gasteiger partial charge in [-0.15, -0.1) is 0 Å². The largest absolute Gasteiger partial charge is 0.492 e. The first-order chi connectivity index (χ1) is 9.66. The molecule has 1 aromatic heterocycles. The zero-order valence-electron chi connectivity index (χ0n) is 12.0. The van der Waals surface area contributed by atoms with Crippen LogP contribution in [0.5, 0.6) is 5.75 Å². The van der Waals surface area contributed by atoms with Crippen LogP contribution in [0.1, 0.15) is 37.3 Å². The quantitative estimate of drug-likeness (QED) is 0.695. The molecule has 20 heavy (non-hydrogen) atoms. The first kappa shape index (κ1) is 15.0. The standard InChI is InChI=1S/C17H20BrNO/c1-13(2)15-7-8-17(16(18)11-15)20-10-4-6-14-5-3-9-19-12-14/h3,5,7-9,11-13H,4,6,10H2,1-2H3. The van der Waals surface area contributed by atoms with Crippen LogP contribution < -0.4 is 4.74 Å². The molecule has 0 aliphatic rings. The topological polar surface area (TPSA) is 22.1 Å². The summed E-state index contributed by atoms with van der Waals surface area (Å²) in [7, 11) is 0. The summed E-state index contributed by atoms with van der Waals surface area (Å²) in [5.41, 5.74) is 2.57. The number of aryl methyl sites for hydroxylation is 1. The summed E-state index contributed by atoms with van der Waals surface area (Å²) in [6, 6.07) is 10.4. The lowest BCUT2D eigenvalue weighted by atomic mass is 10.0. The molecule has 0 unspecified atom stereocenters. The summed E-state index contributed by atoms with van der Waals surface area (Å²) in [5.74, 6) is 1.45. The Balaban J connectivity index is 1.82. The number of hydrogen-bond acceptors (Lipinski definition) is 2. The molecule has 2 rings (SSSR count). The lowest BCUT2D eigenvalue weighted by Crippen LogP contribution is -2.00. The molecule has 0 spiro atoms. The van der Waals surface area contributed by atoms with E-state index >= 15 is 0 Å². The fourth-order valence-corrected chi connectivity index (χ4v) is 2.51. The Labute approximate surface area is 129 Å². The normalized spacial score (nSPS) is 10.8. The average Bonchev–Trinajstić information content (AvgIpc) is 2.46. The van der Waals surface area contributed by atoms with Crippen LogP contribution in [0.4, 0.5) is 0 Å². The van der Waals surface area contributed by atoms with Gasteiger partial charge in [-0.25, -0.2) is 0 Å². The van der Waals surface area contributed by atoms with Crippen molar-refractivity contribution in [1.29, 1.82) is 0 Å². The molecule has 0 fully saturated rings. The molecule has 1 aromatic carbocycles. The second kappa shape index (κ2) is 7.44. The van der Waals surface area contributed by atoms with E-state index in [4.69, 9.17) is 4.74 Å². The Morgan fingerprint density at radius 2 is 2.10 bits per heavy atom. The van der Waals surface area contributed by atoms with E-state index in [2.05, 4.69) is 53.0 Å². The highest BCUT2D eigenvalue weighted by atomic mass is 79.9. The summed E-state index contributed by atoms with van der Waals surface area (Å²) >= 11 is 3.58. The number of nitrogens with zero attached hydrogens (tertiary/aromatic N) is 1. The van der Waals surface area contributed by atoms with Crippen LogP contribution in [0.25, 0.3) is 0 Å². The van der Waals surface area contributed by atoms with Crippen molar-refractivity contribution in [3.63, 3.8) is 0 Å². The molecule has 0 N–H and O–H groups in total. The van der Waals surface area contributed by atoms with E-state index in [-0.39, 0.29) is 0 Å². The number of halogens is 1. The lowest BCUT2D eigenvalue weighted by molar-refractivity contribution is 0.309.